The van der Waals surface area contributed by atoms with Gasteiger partial charge >= 0.3 is 0 Å². The van der Waals surface area contributed by atoms with E-state index in [4.69, 9.17) is 18.8 Å². The lowest BCUT2D eigenvalue weighted by Gasteiger charge is -2.12. The van der Waals surface area contributed by atoms with Gasteiger partial charge in [0.25, 0.3) is 0 Å². The first-order valence-electron chi connectivity index (χ1n) is 16.1. The monoisotopic (exact) mass is 614 g/mol. The normalized spacial score (nSPS) is 11.8. The van der Waals surface area contributed by atoms with Gasteiger partial charge in [-0.1, -0.05) is 127 Å². The molecule has 0 saturated heterocycles. The summed E-state index contributed by atoms with van der Waals surface area (Å²) in [6, 6.07) is 54.3. The van der Waals surface area contributed by atoms with E-state index in [1.807, 2.05) is 54.6 Å². The van der Waals surface area contributed by atoms with E-state index in [1.54, 1.807) is 0 Å². The highest BCUT2D eigenvalue weighted by Gasteiger charge is 2.17. The highest BCUT2D eigenvalue weighted by molar-refractivity contribution is 6.12. The molecule has 3 aromatic heterocycles. The van der Waals surface area contributed by atoms with Crippen LogP contribution in [0.3, 0.4) is 0 Å². The molecule has 0 atom stereocenters. The third kappa shape index (κ3) is 4.16. The van der Waals surface area contributed by atoms with Crippen LogP contribution >= 0.6 is 0 Å². The summed E-state index contributed by atoms with van der Waals surface area (Å²) in [5, 5.41) is 4.50. The molecule has 4 heteroatoms. The van der Waals surface area contributed by atoms with Crippen molar-refractivity contribution in [3.8, 4) is 44.8 Å². The largest absolute Gasteiger partial charge is 0.456 e. The minimum Gasteiger partial charge on any atom is -0.456 e. The molecule has 0 N–H and O–H groups in total. The van der Waals surface area contributed by atoms with Crippen molar-refractivity contribution in [1.82, 2.24) is 9.97 Å². The van der Waals surface area contributed by atoms with Crippen LogP contribution in [0.15, 0.2) is 167 Å². The fourth-order valence-electron chi connectivity index (χ4n) is 7.01. The predicted octanol–water partition coefficient (Wildman–Crippen LogP) is 12.1. The topological polar surface area (TPSA) is 52.1 Å². The summed E-state index contributed by atoms with van der Waals surface area (Å²) < 4.78 is 12.5. The molecule has 0 bridgehead atoms. The Bertz CT molecular complexity index is 2830. The summed E-state index contributed by atoms with van der Waals surface area (Å²) in [5.74, 6) is 0. The molecule has 48 heavy (non-hydrogen) atoms. The van der Waals surface area contributed by atoms with Gasteiger partial charge in [-0.25, -0.2) is 9.97 Å². The smallest absolute Gasteiger partial charge is 0.143 e. The lowest BCUT2D eigenvalue weighted by Crippen LogP contribution is -1.95. The fourth-order valence-corrected chi connectivity index (χ4v) is 7.01. The molecule has 0 fully saturated rings. The second-order valence-electron chi connectivity index (χ2n) is 12.1. The Hall–Kier alpha value is -6.52. The van der Waals surface area contributed by atoms with Gasteiger partial charge < -0.3 is 8.83 Å². The number of aromatic nitrogens is 2. The molecule has 10 rings (SSSR count). The third-order valence-electron chi connectivity index (χ3n) is 9.32. The van der Waals surface area contributed by atoms with Gasteiger partial charge in [0, 0.05) is 38.2 Å². The van der Waals surface area contributed by atoms with E-state index < -0.39 is 0 Å². The van der Waals surface area contributed by atoms with Crippen molar-refractivity contribution in [1.29, 1.82) is 0 Å². The average Bonchev–Trinajstić information content (AvgIpc) is 3.73. The molecular formula is C44H26N2O2. The van der Waals surface area contributed by atoms with Crippen molar-refractivity contribution in [3.05, 3.63) is 158 Å². The summed E-state index contributed by atoms with van der Waals surface area (Å²) in [5.41, 5.74) is 13.4. The van der Waals surface area contributed by atoms with E-state index in [0.717, 1.165) is 99.7 Å². The van der Waals surface area contributed by atoms with Gasteiger partial charge in [-0.15, -0.1) is 0 Å². The molecule has 224 valence electrons. The first-order chi connectivity index (χ1) is 23.8. The molecule has 7 aromatic carbocycles. The van der Waals surface area contributed by atoms with E-state index in [0.29, 0.717) is 0 Å². The molecule has 0 unspecified atom stereocenters. The Labute approximate surface area is 275 Å². The van der Waals surface area contributed by atoms with E-state index in [-0.39, 0.29) is 0 Å². The minimum absolute atomic E-state index is 0.845. The third-order valence-corrected chi connectivity index (χ3v) is 9.32. The highest BCUT2D eigenvalue weighted by Crippen LogP contribution is 2.39. The zero-order valence-electron chi connectivity index (χ0n) is 25.7. The Balaban J connectivity index is 1.08. The quantitative estimate of drug-likeness (QED) is 0.198. The fraction of sp³-hybridized carbons (Fsp3) is 0. The van der Waals surface area contributed by atoms with Crippen LogP contribution in [0.4, 0.5) is 0 Å². The highest BCUT2D eigenvalue weighted by atomic mass is 16.3. The standard InChI is InChI=1S/C44H26N2O2/c1-5-16-38-33(9-1)34-13-7-12-32(44(34)48-38)28-21-25-30(26-22-28)43-42(45-36-14-3-4-15-37(36)46-43)29-23-19-27(20-24-29)31-11-8-18-40-41(31)35-10-2-6-17-39(35)47-40/h1-26H. The number of furan rings is 2. The maximum Gasteiger partial charge on any atom is 0.143 e. The Kier molecular flexibility index (Phi) is 5.84. The number of para-hydroxylation sites is 5. The van der Waals surface area contributed by atoms with Gasteiger partial charge in [0.1, 0.15) is 22.3 Å². The molecule has 0 amide bonds. The van der Waals surface area contributed by atoms with Gasteiger partial charge in [-0.3, -0.25) is 0 Å². The first kappa shape index (κ1) is 26.7. The maximum atomic E-state index is 6.33. The van der Waals surface area contributed by atoms with Crippen molar-refractivity contribution in [3.63, 3.8) is 0 Å². The van der Waals surface area contributed by atoms with E-state index in [2.05, 4.69) is 103 Å². The molecule has 0 spiro atoms. The molecule has 3 heterocycles. The molecule has 0 aliphatic heterocycles. The number of fused-ring (bicyclic) bond motifs is 7. The molecule has 0 aliphatic carbocycles. The average molecular weight is 615 g/mol. The van der Waals surface area contributed by atoms with Crippen LogP contribution in [0.5, 0.6) is 0 Å². The van der Waals surface area contributed by atoms with Crippen molar-refractivity contribution in [2.75, 3.05) is 0 Å². The van der Waals surface area contributed by atoms with Crippen molar-refractivity contribution in [2.24, 2.45) is 0 Å². The maximum absolute atomic E-state index is 6.33. The second-order valence-corrected chi connectivity index (χ2v) is 12.1. The van der Waals surface area contributed by atoms with Crippen molar-refractivity contribution < 1.29 is 8.83 Å². The summed E-state index contributed by atoms with van der Waals surface area (Å²) in [7, 11) is 0. The van der Waals surface area contributed by atoms with Crippen molar-refractivity contribution >= 4 is 54.9 Å². The zero-order valence-corrected chi connectivity index (χ0v) is 25.7. The summed E-state index contributed by atoms with van der Waals surface area (Å²) in [4.78, 5) is 10.3. The first-order valence-corrected chi connectivity index (χ1v) is 16.1. The van der Waals surface area contributed by atoms with Gasteiger partial charge in [0.05, 0.1) is 22.4 Å². The van der Waals surface area contributed by atoms with Crippen molar-refractivity contribution in [2.45, 2.75) is 0 Å². The number of benzene rings is 7. The zero-order chi connectivity index (χ0) is 31.6. The molecule has 0 saturated carbocycles. The number of rotatable bonds is 4. The Morgan fingerprint density at radius 1 is 0.333 bits per heavy atom. The molecule has 0 aliphatic rings. The lowest BCUT2D eigenvalue weighted by atomic mass is 9.96. The molecule has 4 nitrogen and oxygen atoms in total. The lowest BCUT2D eigenvalue weighted by molar-refractivity contribution is 0.669. The number of nitrogens with zero attached hydrogens (tertiary/aromatic N) is 2. The van der Waals surface area contributed by atoms with E-state index in [9.17, 15) is 0 Å². The van der Waals surface area contributed by atoms with Crippen LogP contribution in [0.25, 0.3) is 99.7 Å². The second kappa shape index (κ2) is 10.5. The SMILES string of the molecule is c1ccc2nc(-c3ccc(-c4cccc5oc6ccccc6c45)cc3)c(-c3ccc(-c4cccc5c4oc4ccccc45)cc3)nc2c1. The summed E-state index contributed by atoms with van der Waals surface area (Å²) in [6.07, 6.45) is 0. The Morgan fingerprint density at radius 2 is 0.812 bits per heavy atom. The van der Waals surface area contributed by atoms with E-state index >= 15 is 0 Å². The Morgan fingerprint density at radius 3 is 1.50 bits per heavy atom. The van der Waals surface area contributed by atoms with Crippen LogP contribution < -0.4 is 0 Å². The van der Waals surface area contributed by atoms with Crippen LogP contribution in [0, 0.1) is 0 Å². The van der Waals surface area contributed by atoms with E-state index in [1.165, 1.54) is 0 Å². The van der Waals surface area contributed by atoms with Gasteiger partial charge in [0.2, 0.25) is 0 Å². The molecule has 10 aromatic rings. The summed E-state index contributed by atoms with van der Waals surface area (Å²) in [6.45, 7) is 0. The van der Waals surface area contributed by atoms with Gasteiger partial charge in [-0.05, 0) is 47.0 Å². The number of hydrogen-bond acceptors (Lipinski definition) is 4. The van der Waals surface area contributed by atoms with Crippen LogP contribution in [-0.2, 0) is 0 Å². The van der Waals surface area contributed by atoms with Gasteiger partial charge in [0.15, 0.2) is 0 Å². The van der Waals surface area contributed by atoms with Gasteiger partial charge in [-0.2, -0.15) is 0 Å². The van der Waals surface area contributed by atoms with Crippen LogP contribution in [-0.4, -0.2) is 9.97 Å². The van der Waals surface area contributed by atoms with Crippen LogP contribution in [0.2, 0.25) is 0 Å². The molecule has 0 radical (unpaired) electrons. The summed E-state index contributed by atoms with van der Waals surface area (Å²) >= 11 is 0. The van der Waals surface area contributed by atoms with Crippen LogP contribution in [0.1, 0.15) is 0 Å². The number of hydrogen-bond donors (Lipinski definition) is 0. The predicted molar refractivity (Wildman–Crippen MR) is 196 cm³/mol. The minimum atomic E-state index is 0.845. The molecular weight excluding hydrogens is 588 g/mol.